The molecule has 0 aromatic heterocycles. The average molecular weight is 491 g/mol. The van der Waals surface area contributed by atoms with Gasteiger partial charge in [-0.05, 0) is 66.1 Å². The maximum atomic E-state index is 12.1. The molecule has 0 aliphatic rings. The molecule has 0 unspecified atom stereocenters. The van der Waals surface area contributed by atoms with Crippen LogP contribution in [-0.2, 0) is 16.1 Å². The summed E-state index contributed by atoms with van der Waals surface area (Å²) >= 11 is 0. The molecule has 0 spiro atoms. The Labute approximate surface area is 210 Å². The lowest BCUT2D eigenvalue weighted by Crippen LogP contribution is -2.24. The molecule has 3 aromatic rings. The number of nitrogens with one attached hydrogen (secondary N) is 1. The van der Waals surface area contributed by atoms with E-state index >= 15 is 0 Å². The van der Waals surface area contributed by atoms with Crippen LogP contribution in [0.2, 0.25) is 0 Å². The van der Waals surface area contributed by atoms with Gasteiger partial charge in [-0.1, -0.05) is 32.0 Å². The molecule has 0 bridgehead atoms. The van der Waals surface area contributed by atoms with Crippen LogP contribution < -0.4 is 19.6 Å². The number of para-hydroxylation sites is 1. The van der Waals surface area contributed by atoms with E-state index in [0.29, 0.717) is 29.4 Å². The third-order valence-electron chi connectivity index (χ3n) is 4.85. The molecule has 0 aliphatic carbocycles. The van der Waals surface area contributed by atoms with Crippen LogP contribution in [0.4, 0.5) is 0 Å². The van der Waals surface area contributed by atoms with Crippen molar-refractivity contribution < 1.29 is 28.5 Å². The van der Waals surface area contributed by atoms with Crippen LogP contribution in [0.15, 0.2) is 77.9 Å². The molecule has 1 amide bonds. The molecule has 36 heavy (non-hydrogen) atoms. The van der Waals surface area contributed by atoms with E-state index in [9.17, 15) is 9.59 Å². The molecule has 0 heterocycles. The van der Waals surface area contributed by atoms with Crippen LogP contribution in [0.5, 0.6) is 17.2 Å². The first-order valence-corrected chi connectivity index (χ1v) is 11.5. The summed E-state index contributed by atoms with van der Waals surface area (Å²) in [6, 6.07) is 21.3. The summed E-state index contributed by atoms with van der Waals surface area (Å²) in [6.45, 7) is 4.44. The highest BCUT2D eigenvalue weighted by Gasteiger charge is 2.10. The molecule has 0 atom stereocenters. The highest BCUT2D eigenvalue weighted by atomic mass is 16.5. The number of benzene rings is 3. The van der Waals surface area contributed by atoms with Crippen molar-refractivity contribution in [2.75, 3.05) is 20.3 Å². The van der Waals surface area contributed by atoms with E-state index in [1.54, 1.807) is 49.6 Å². The van der Waals surface area contributed by atoms with Gasteiger partial charge in [0, 0.05) is 5.56 Å². The van der Waals surface area contributed by atoms with Crippen LogP contribution in [0.1, 0.15) is 35.3 Å². The maximum absolute atomic E-state index is 12.1. The third-order valence-corrected chi connectivity index (χ3v) is 4.85. The van der Waals surface area contributed by atoms with Crippen molar-refractivity contribution in [1.82, 2.24) is 5.43 Å². The van der Waals surface area contributed by atoms with Crippen LogP contribution in [0.3, 0.4) is 0 Å². The van der Waals surface area contributed by atoms with E-state index in [2.05, 4.69) is 10.5 Å². The van der Waals surface area contributed by atoms with Crippen LogP contribution in [0, 0.1) is 5.92 Å². The molecule has 1 N–H and O–H groups in total. The Bertz CT molecular complexity index is 1160. The molecule has 3 rings (SSSR count). The van der Waals surface area contributed by atoms with E-state index in [1.807, 2.05) is 44.2 Å². The predicted octanol–water partition coefficient (Wildman–Crippen LogP) is 4.62. The van der Waals surface area contributed by atoms with E-state index in [-0.39, 0.29) is 31.0 Å². The molecule has 8 heteroatoms. The molecular formula is C28H30N2O6. The topological polar surface area (TPSA) is 95.5 Å². The van der Waals surface area contributed by atoms with Crippen LogP contribution >= 0.6 is 0 Å². The van der Waals surface area contributed by atoms with Crippen molar-refractivity contribution in [2.24, 2.45) is 11.0 Å². The van der Waals surface area contributed by atoms with Gasteiger partial charge in [-0.15, -0.1) is 0 Å². The number of carbonyl (C=O) groups excluding carboxylic acids is 2. The van der Waals surface area contributed by atoms with Gasteiger partial charge >= 0.3 is 5.97 Å². The van der Waals surface area contributed by atoms with E-state index in [1.165, 1.54) is 6.21 Å². The fourth-order valence-corrected chi connectivity index (χ4v) is 3.04. The van der Waals surface area contributed by atoms with Crippen molar-refractivity contribution >= 4 is 18.1 Å². The molecule has 3 aromatic carbocycles. The van der Waals surface area contributed by atoms with Gasteiger partial charge in [-0.3, -0.25) is 4.79 Å². The minimum atomic E-state index is -0.372. The van der Waals surface area contributed by atoms with Gasteiger partial charge in [-0.2, -0.15) is 5.10 Å². The summed E-state index contributed by atoms with van der Waals surface area (Å²) in [7, 11) is 1.58. The molecule has 8 nitrogen and oxygen atoms in total. The van der Waals surface area contributed by atoms with Gasteiger partial charge < -0.3 is 18.9 Å². The standard InChI is InChI=1S/C28H30N2O6/c1-20(2)17-36-28(32)22-10-12-25(13-11-22)34-18-23-15-21(9-14-26(23)33-3)16-29-30-27(31)19-35-24-7-5-4-6-8-24/h4-16,20H,17-19H2,1-3H3,(H,30,31)/b29-16-. The van der Waals surface area contributed by atoms with Crippen molar-refractivity contribution in [3.8, 4) is 17.2 Å². The number of amides is 1. The third kappa shape index (κ3) is 8.47. The van der Waals surface area contributed by atoms with Gasteiger partial charge in [0.05, 0.1) is 25.5 Å². The molecule has 188 valence electrons. The minimum absolute atomic E-state index is 0.142. The van der Waals surface area contributed by atoms with Gasteiger partial charge in [0.2, 0.25) is 0 Å². The monoisotopic (exact) mass is 490 g/mol. The zero-order valence-corrected chi connectivity index (χ0v) is 20.6. The van der Waals surface area contributed by atoms with Crippen molar-refractivity contribution in [1.29, 1.82) is 0 Å². The molecule has 0 aliphatic heterocycles. The first-order chi connectivity index (χ1) is 17.4. The van der Waals surface area contributed by atoms with Crippen LogP contribution in [-0.4, -0.2) is 38.4 Å². The second kappa shape index (κ2) is 13.5. The summed E-state index contributed by atoms with van der Waals surface area (Å²) < 4.78 is 21.9. The summed E-state index contributed by atoms with van der Waals surface area (Å²) in [4.78, 5) is 24.0. The van der Waals surface area contributed by atoms with E-state index in [0.717, 1.165) is 11.1 Å². The molecular weight excluding hydrogens is 460 g/mol. The van der Waals surface area contributed by atoms with Crippen molar-refractivity contribution in [3.05, 3.63) is 89.5 Å². The van der Waals surface area contributed by atoms with Gasteiger partial charge in [-0.25, -0.2) is 10.2 Å². The van der Waals surface area contributed by atoms with Crippen molar-refractivity contribution in [3.63, 3.8) is 0 Å². The molecule has 0 saturated carbocycles. The number of hydrogen-bond acceptors (Lipinski definition) is 7. The predicted molar refractivity (Wildman–Crippen MR) is 137 cm³/mol. The fraction of sp³-hybridized carbons (Fsp3) is 0.250. The number of ether oxygens (including phenoxy) is 4. The molecule has 0 fully saturated rings. The number of hydrazone groups is 1. The zero-order chi connectivity index (χ0) is 25.8. The molecule has 0 saturated heterocycles. The SMILES string of the molecule is COc1ccc(/C=N\NC(=O)COc2ccccc2)cc1COc1ccc(C(=O)OCC(C)C)cc1. The summed E-state index contributed by atoms with van der Waals surface area (Å²) in [5, 5.41) is 3.99. The highest BCUT2D eigenvalue weighted by Crippen LogP contribution is 2.22. The number of methoxy groups -OCH3 is 1. The van der Waals surface area contributed by atoms with Gasteiger partial charge in [0.25, 0.3) is 5.91 Å². The van der Waals surface area contributed by atoms with E-state index in [4.69, 9.17) is 18.9 Å². The van der Waals surface area contributed by atoms with Crippen LogP contribution in [0.25, 0.3) is 0 Å². The average Bonchev–Trinajstić information content (AvgIpc) is 2.90. The number of carbonyl (C=O) groups is 2. The Morgan fingerprint density at radius 3 is 2.36 bits per heavy atom. The Hall–Kier alpha value is -4.33. The second-order valence-corrected chi connectivity index (χ2v) is 8.27. The van der Waals surface area contributed by atoms with Gasteiger partial charge in [0.15, 0.2) is 6.61 Å². The Balaban J connectivity index is 1.53. The number of esters is 1. The first kappa shape index (κ1) is 26.3. The zero-order valence-electron chi connectivity index (χ0n) is 20.6. The van der Waals surface area contributed by atoms with E-state index < -0.39 is 0 Å². The number of rotatable bonds is 12. The maximum Gasteiger partial charge on any atom is 0.338 e. The lowest BCUT2D eigenvalue weighted by atomic mass is 10.1. The smallest absolute Gasteiger partial charge is 0.338 e. The second-order valence-electron chi connectivity index (χ2n) is 8.27. The lowest BCUT2D eigenvalue weighted by molar-refractivity contribution is -0.123. The Morgan fingerprint density at radius 1 is 0.944 bits per heavy atom. The summed E-state index contributed by atoms with van der Waals surface area (Å²) in [6.07, 6.45) is 1.53. The fourth-order valence-electron chi connectivity index (χ4n) is 3.04. The lowest BCUT2D eigenvalue weighted by Gasteiger charge is -2.12. The normalized spacial score (nSPS) is 10.8. The first-order valence-electron chi connectivity index (χ1n) is 11.5. The van der Waals surface area contributed by atoms with Gasteiger partial charge in [0.1, 0.15) is 23.9 Å². The Kier molecular flexibility index (Phi) is 9.88. The number of hydrogen-bond donors (Lipinski definition) is 1. The summed E-state index contributed by atoms with van der Waals surface area (Å²) in [5.41, 5.74) is 4.45. The number of nitrogens with zero attached hydrogens (tertiary/aromatic N) is 1. The molecule has 0 radical (unpaired) electrons. The Morgan fingerprint density at radius 2 is 1.67 bits per heavy atom. The largest absolute Gasteiger partial charge is 0.496 e. The summed E-state index contributed by atoms with van der Waals surface area (Å²) in [5.74, 6) is 1.41. The quantitative estimate of drug-likeness (QED) is 0.226. The van der Waals surface area contributed by atoms with Crippen molar-refractivity contribution in [2.45, 2.75) is 20.5 Å². The minimum Gasteiger partial charge on any atom is -0.496 e. The highest BCUT2D eigenvalue weighted by molar-refractivity contribution is 5.89.